The highest BCUT2D eigenvalue weighted by atomic mass is 16.5. The molecule has 2 aromatic rings. The highest BCUT2D eigenvalue weighted by Crippen LogP contribution is 2.41. The van der Waals surface area contributed by atoms with Crippen molar-refractivity contribution in [2.45, 2.75) is 31.3 Å². The van der Waals surface area contributed by atoms with Crippen LogP contribution in [0.25, 0.3) is 0 Å². The molecule has 1 saturated heterocycles. The quantitative estimate of drug-likeness (QED) is 0.732. The fraction of sp³-hybridized carbons (Fsp3) is 0.316. The Kier molecular flexibility index (Phi) is 3.39. The van der Waals surface area contributed by atoms with Crippen molar-refractivity contribution in [3.63, 3.8) is 0 Å². The predicted molar refractivity (Wildman–Crippen MR) is 83.7 cm³/mol. The van der Waals surface area contributed by atoms with E-state index in [0.29, 0.717) is 0 Å². The van der Waals surface area contributed by atoms with Crippen LogP contribution in [0.5, 0.6) is 0 Å². The SMILES string of the molecule is CC1(C)[CH]CC(c2ccccc2)(c2ccccc2)C[OH+]1. The lowest BCUT2D eigenvalue weighted by molar-refractivity contribution is -0.180. The maximum atomic E-state index is 4.91. The molecule has 1 aliphatic rings. The number of aliphatic hydroxyl groups is 2. The monoisotopic (exact) mass is 266 g/mol. The third-order valence-electron chi connectivity index (χ3n) is 4.36. The van der Waals surface area contributed by atoms with E-state index in [1.165, 1.54) is 11.1 Å². The van der Waals surface area contributed by atoms with Gasteiger partial charge in [0.1, 0.15) is 0 Å². The summed E-state index contributed by atoms with van der Waals surface area (Å²) in [6.07, 6.45) is 3.40. The molecule has 1 N–H and O–H groups in total. The fourth-order valence-corrected chi connectivity index (χ4v) is 2.99. The molecule has 0 aromatic heterocycles. The van der Waals surface area contributed by atoms with Crippen LogP contribution in [0.4, 0.5) is 0 Å². The van der Waals surface area contributed by atoms with Crippen molar-refractivity contribution in [3.05, 3.63) is 78.2 Å². The largest absolute Gasteiger partial charge is 0.428 e. The average molecular weight is 266 g/mol. The first-order valence-corrected chi connectivity index (χ1v) is 7.27. The molecule has 0 spiro atoms. The van der Waals surface area contributed by atoms with Gasteiger partial charge in [0.05, 0.1) is 5.41 Å². The molecule has 0 atom stereocenters. The van der Waals surface area contributed by atoms with E-state index in [-0.39, 0.29) is 11.0 Å². The molecule has 1 fully saturated rings. The molecule has 3 rings (SSSR count). The zero-order valence-corrected chi connectivity index (χ0v) is 12.2. The second-order valence-corrected chi connectivity index (χ2v) is 6.19. The summed E-state index contributed by atoms with van der Waals surface area (Å²) in [5.74, 6) is 0. The van der Waals surface area contributed by atoms with Gasteiger partial charge in [0.2, 0.25) is 0 Å². The van der Waals surface area contributed by atoms with Gasteiger partial charge in [0.15, 0.2) is 12.2 Å². The normalized spacial score (nSPS) is 20.5. The van der Waals surface area contributed by atoms with Gasteiger partial charge in [-0.25, -0.2) is 0 Å². The van der Waals surface area contributed by atoms with Gasteiger partial charge in [-0.1, -0.05) is 60.7 Å². The molecule has 1 nitrogen and oxygen atoms in total. The van der Waals surface area contributed by atoms with Gasteiger partial charge in [-0.05, 0) is 17.5 Å². The van der Waals surface area contributed by atoms with E-state index in [1.807, 2.05) is 0 Å². The van der Waals surface area contributed by atoms with Crippen LogP contribution in [-0.4, -0.2) is 16.9 Å². The van der Waals surface area contributed by atoms with Crippen LogP contribution in [0.3, 0.4) is 0 Å². The summed E-state index contributed by atoms with van der Waals surface area (Å²) >= 11 is 0. The minimum Gasteiger partial charge on any atom is -0.428 e. The van der Waals surface area contributed by atoms with Gasteiger partial charge in [-0.2, -0.15) is 0 Å². The van der Waals surface area contributed by atoms with Crippen molar-refractivity contribution in [3.8, 4) is 0 Å². The number of hydrogen-bond donors (Lipinski definition) is 0. The summed E-state index contributed by atoms with van der Waals surface area (Å²) in [5.41, 5.74) is 2.72. The van der Waals surface area contributed by atoms with Crippen LogP contribution in [0, 0.1) is 6.42 Å². The average Bonchev–Trinajstić information content (AvgIpc) is 2.50. The molecule has 2 aromatic carbocycles. The van der Waals surface area contributed by atoms with E-state index < -0.39 is 0 Å². The second kappa shape index (κ2) is 5.06. The summed E-state index contributed by atoms with van der Waals surface area (Å²) < 4.78 is 4.91. The van der Waals surface area contributed by atoms with E-state index >= 15 is 0 Å². The van der Waals surface area contributed by atoms with E-state index in [1.54, 1.807) is 0 Å². The van der Waals surface area contributed by atoms with Gasteiger partial charge in [-0.3, -0.25) is 0 Å². The van der Waals surface area contributed by atoms with Crippen molar-refractivity contribution in [2.24, 2.45) is 0 Å². The van der Waals surface area contributed by atoms with Crippen molar-refractivity contribution >= 4 is 0 Å². The molecule has 20 heavy (non-hydrogen) atoms. The Hall–Kier alpha value is -1.60. The minimum absolute atomic E-state index is 0.00194. The number of rotatable bonds is 2. The first-order chi connectivity index (χ1) is 9.62. The van der Waals surface area contributed by atoms with Crippen molar-refractivity contribution in [2.75, 3.05) is 6.61 Å². The number of ether oxygens (including phenoxy) is 1. The Balaban J connectivity index is 2.06. The zero-order chi connectivity index (χ0) is 14.1. The van der Waals surface area contributed by atoms with Crippen LogP contribution in [0.15, 0.2) is 60.7 Å². The Morgan fingerprint density at radius 2 is 1.30 bits per heavy atom. The molecule has 103 valence electrons. The Morgan fingerprint density at radius 3 is 1.70 bits per heavy atom. The Morgan fingerprint density at radius 1 is 0.800 bits per heavy atom. The fourth-order valence-electron chi connectivity index (χ4n) is 2.99. The minimum atomic E-state index is -0.00688. The molecule has 0 unspecified atom stereocenters. The predicted octanol–water partition coefficient (Wildman–Crippen LogP) is 3.89. The molecule has 1 radical (unpaired) electrons. The smallest absolute Gasteiger partial charge is 0.162 e. The van der Waals surface area contributed by atoms with E-state index in [0.717, 1.165) is 13.0 Å². The third-order valence-corrected chi connectivity index (χ3v) is 4.36. The van der Waals surface area contributed by atoms with Crippen LogP contribution in [-0.2, 0) is 5.41 Å². The first-order valence-electron chi connectivity index (χ1n) is 7.27. The summed E-state index contributed by atoms with van der Waals surface area (Å²) in [5, 5.41) is 0. The zero-order valence-electron chi connectivity index (χ0n) is 12.2. The van der Waals surface area contributed by atoms with Gasteiger partial charge >= 0.3 is 0 Å². The summed E-state index contributed by atoms with van der Waals surface area (Å²) in [4.78, 5) is 0. The van der Waals surface area contributed by atoms with Gasteiger partial charge in [0.25, 0.3) is 0 Å². The molecule has 1 aliphatic heterocycles. The maximum absolute atomic E-state index is 4.91. The van der Waals surface area contributed by atoms with E-state index in [4.69, 9.17) is 4.74 Å². The molecule has 0 amide bonds. The Bertz CT molecular complexity index is 505. The molecule has 1 heteroatoms. The standard InChI is InChI=1S/C19H21O/c1-18(2)13-14-19(15-20-18,16-9-5-3-6-10-16)17-11-7-4-8-12-17/h3-13H,14-15H2,1-2H3/p+1. The number of hydrogen-bond acceptors (Lipinski definition) is 0. The first kappa shape index (κ1) is 13.4. The van der Waals surface area contributed by atoms with E-state index in [9.17, 15) is 0 Å². The van der Waals surface area contributed by atoms with Gasteiger partial charge in [0, 0.05) is 20.3 Å². The molecule has 0 saturated carbocycles. The lowest BCUT2D eigenvalue weighted by Gasteiger charge is -2.41. The lowest BCUT2D eigenvalue weighted by Crippen LogP contribution is -2.47. The van der Waals surface area contributed by atoms with Crippen LogP contribution < -0.4 is 0 Å². The highest BCUT2D eigenvalue weighted by Gasteiger charge is 2.45. The van der Waals surface area contributed by atoms with Crippen LogP contribution >= 0.6 is 0 Å². The Labute approximate surface area is 121 Å². The maximum Gasteiger partial charge on any atom is 0.162 e. The molecule has 0 bridgehead atoms. The number of benzene rings is 2. The van der Waals surface area contributed by atoms with Crippen molar-refractivity contribution < 1.29 is 4.74 Å². The van der Waals surface area contributed by atoms with Crippen LogP contribution in [0.2, 0.25) is 0 Å². The molecular formula is C19H22O+. The van der Waals surface area contributed by atoms with Gasteiger partial charge < -0.3 is 4.74 Å². The van der Waals surface area contributed by atoms with Crippen molar-refractivity contribution in [1.29, 1.82) is 0 Å². The van der Waals surface area contributed by atoms with Crippen molar-refractivity contribution in [1.82, 2.24) is 0 Å². The third kappa shape index (κ3) is 2.38. The highest BCUT2D eigenvalue weighted by molar-refractivity contribution is 5.41. The summed E-state index contributed by atoms with van der Waals surface area (Å²) in [6.45, 7) is 5.23. The summed E-state index contributed by atoms with van der Waals surface area (Å²) in [7, 11) is 0. The second-order valence-electron chi connectivity index (χ2n) is 6.19. The van der Waals surface area contributed by atoms with E-state index in [2.05, 4.69) is 80.9 Å². The lowest BCUT2D eigenvalue weighted by atomic mass is 9.69. The summed E-state index contributed by atoms with van der Waals surface area (Å²) in [6, 6.07) is 21.6. The molecule has 0 aliphatic carbocycles. The van der Waals surface area contributed by atoms with Crippen LogP contribution in [0.1, 0.15) is 31.4 Å². The molecular weight excluding hydrogens is 244 g/mol. The topological polar surface area (TPSA) is 12.8 Å². The molecule has 1 heterocycles. The van der Waals surface area contributed by atoms with Gasteiger partial charge in [-0.15, -0.1) is 0 Å².